The van der Waals surface area contributed by atoms with Crippen LogP contribution in [0, 0.1) is 25.2 Å². The van der Waals surface area contributed by atoms with Gasteiger partial charge in [-0.15, -0.1) is 5.10 Å². The fourth-order valence-corrected chi connectivity index (χ4v) is 2.93. The van der Waals surface area contributed by atoms with Crippen LogP contribution >= 0.6 is 0 Å². The summed E-state index contributed by atoms with van der Waals surface area (Å²) in [4.78, 5) is 4.66. The van der Waals surface area contributed by atoms with Crippen LogP contribution in [0.5, 0.6) is 0 Å². The molecule has 0 N–H and O–H groups in total. The third-order valence-corrected chi connectivity index (χ3v) is 4.51. The summed E-state index contributed by atoms with van der Waals surface area (Å²) in [5, 5.41) is 18.0. The van der Waals surface area contributed by atoms with Gasteiger partial charge in [-0.2, -0.15) is 10.4 Å². The first-order valence-corrected chi connectivity index (χ1v) is 7.84. The van der Waals surface area contributed by atoms with Gasteiger partial charge in [-0.1, -0.05) is 6.92 Å². The maximum Gasteiger partial charge on any atom is 0.169 e. The molecule has 1 atom stereocenters. The molecule has 1 aliphatic rings. The summed E-state index contributed by atoms with van der Waals surface area (Å²) < 4.78 is 5.19. The van der Waals surface area contributed by atoms with Gasteiger partial charge >= 0.3 is 0 Å². The van der Waals surface area contributed by atoms with E-state index in [0.29, 0.717) is 11.6 Å². The molecule has 22 heavy (non-hydrogen) atoms. The van der Waals surface area contributed by atoms with Crippen LogP contribution in [0.2, 0.25) is 0 Å². The molecule has 0 amide bonds. The monoisotopic (exact) mass is 303 g/mol. The number of piperazine rings is 1. The fourth-order valence-electron chi connectivity index (χ4n) is 2.93. The van der Waals surface area contributed by atoms with Crippen molar-refractivity contribution in [2.24, 2.45) is 0 Å². The molecule has 2 heterocycles. The third-order valence-electron chi connectivity index (χ3n) is 4.51. The van der Waals surface area contributed by atoms with E-state index in [4.69, 9.17) is 4.74 Å². The van der Waals surface area contributed by atoms with Crippen molar-refractivity contribution in [3.63, 3.8) is 0 Å². The first-order valence-electron chi connectivity index (χ1n) is 7.84. The molecule has 0 spiro atoms. The Bertz CT molecular complexity index is 554. The van der Waals surface area contributed by atoms with Crippen molar-refractivity contribution in [2.75, 3.05) is 44.8 Å². The van der Waals surface area contributed by atoms with E-state index in [0.717, 1.165) is 56.3 Å². The normalized spacial score (nSPS) is 19.2. The Balaban J connectivity index is 2.19. The van der Waals surface area contributed by atoms with E-state index in [1.54, 1.807) is 7.11 Å². The number of nitriles is 1. The molecule has 1 fully saturated rings. The van der Waals surface area contributed by atoms with Crippen LogP contribution in [0.25, 0.3) is 0 Å². The number of aryl methyl sites for hydroxylation is 1. The number of methoxy groups -OCH3 is 1. The Hall–Kier alpha value is -1.71. The second-order valence-corrected chi connectivity index (χ2v) is 5.76. The Labute approximate surface area is 132 Å². The minimum absolute atomic E-state index is 0.457. The second-order valence-electron chi connectivity index (χ2n) is 5.76. The van der Waals surface area contributed by atoms with Gasteiger partial charge in [0.05, 0.1) is 12.3 Å². The van der Waals surface area contributed by atoms with Gasteiger partial charge in [-0.25, -0.2) is 0 Å². The van der Waals surface area contributed by atoms with Crippen LogP contribution in [0.1, 0.15) is 30.2 Å². The number of anilines is 1. The van der Waals surface area contributed by atoms with E-state index in [1.807, 2.05) is 13.8 Å². The lowest BCUT2D eigenvalue weighted by Gasteiger charge is -2.41. The Morgan fingerprint density at radius 1 is 1.32 bits per heavy atom. The first kappa shape index (κ1) is 16.7. The van der Waals surface area contributed by atoms with E-state index < -0.39 is 0 Å². The van der Waals surface area contributed by atoms with Crippen LogP contribution < -0.4 is 4.90 Å². The van der Waals surface area contributed by atoms with E-state index in [1.165, 1.54) is 0 Å². The molecular formula is C16H25N5O. The molecule has 0 unspecified atom stereocenters. The maximum atomic E-state index is 9.47. The van der Waals surface area contributed by atoms with Crippen LogP contribution in [-0.4, -0.2) is 61.0 Å². The van der Waals surface area contributed by atoms with Gasteiger partial charge in [0, 0.05) is 39.3 Å². The third kappa shape index (κ3) is 3.37. The molecule has 2 rings (SSSR count). The summed E-state index contributed by atoms with van der Waals surface area (Å²) in [7, 11) is 1.74. The molecule has 1 saturated heterocycles. The summed E-state index contributed by atoms with van der Waals surface area (Å²) in [5.41, 5.74) is 2.42. The highest BCUT2D eigenvalue weighted by atomic mass is 16.5. The van der Waals surface area contributed by atoms with Gasteiger partial charge < -0.3 is 9.64 Å². The van der Waals surface area contributed by atoms with Gasteiger partial charge in [0.2, 0.25) is 0 Å². The summed E-state index contributed by atoms with van der Waals surface area (Å²) in [5.74, 6) is 0.732. The topological polar surface area (TPSA) is 65.3 Å². The predicted molar refractivity (Wildman–Crippen MR) is 86.0 cm³/mol. The molecule has 1 aliphatic heterocycles. The van der Waals surface area contributed by atoms with E-state index >= 15 is 0 Å². The Morgan fingerprint density at radius 3 is 2.73 bits per heavy atom. The van der Waals surface area contributed by atoms with Crippen molar-refractivity contribution in [3.05, 3.63) is 16.8 Å². The number of nitrogens with zero attached hydrogens (tertiary/aromatic N) is 5. The van der Waals surface area contributed by atoms with E-state index in [2.05, 4.69) is 33.0 Å². The van der Waals surface area contributed by atoms with Crippen LogP contribution in [-0.2, 0) is 4.74 Å². The molecule has 1 aromatic rings. The molecule has 0 aromatic carbocycles. The lowest BCUT2D eigenvalue weighted by atomic mass is 10.1. The molecule has 120 valence electrons. The van der Waals surface area contributed by atoms with Gasteiger partial charge in [-0.3, -0.25) is 4.90 Å². The summed E-state index contributed by atoms with van der Waals surface area (Å²) in [6.45, 7) is 10.4. The SMILES string of the molecule is CC[C@H]1CN(c2nnc(C)c(C)c2C#N)CCN1CCOC. The highest BCUT2D eigenvalue weighted by molar-refractivity contribution is 5.57. The average molecular weight is 303 g/mol. The zero-order chi connectivity index (χ0) is 16.1. The molecule has 6 nitrogen and oxygen atoms in total. The van der Waals surface area contributed by atoms with Crippen molar-refractivity contribution >= 4 is 5.82 Å². The fraction of sp³-hybridized carbons (Fsp3) is 0.688. The first-order chi connectivity index (χ1) is 10.6. The van der Waals surface area contributed by atoms with Crippen molar-refractivity contribution in [1.29, 1.82) is 5.26 Å². The number of hydrogen-bond acceptors (Lipinski definition) is 6. The highest BCUT2D eigenvalue weighted by Crippen LogP contribution is 2.24. The van der Waals surface area contributed by atoms with E-state index in [-0.39, 0.29) is 0 Å². The number of hydrogen-bond donors (Lipinski definition) is 0. The molecule has 0 aliphatic carbocycles. The largest absolute Gasteiger partial charge is 0.383 e. The number of rotatable bonds is 5. The van der Waals surface area contributed by atoms with Gasteiger partial charge in [0.1, 0.15) is 11.6 Å². The molecule has 6 heteroatoms. The smallest absolute Gasteiger partial charge is 0.169 e. The number of aromatic nitrogens is 2. The van der Waals surface area contributed by atoms with Gasteiger partial charge in [0.15, 0.2) is 5.82 Å². The van der Waals surface area contributed by atoms with E-state index in [9.17, 15) is 5.26 Å². The van der Waals surface area contributed by atoms with Crippen molar-refractivity contribution in [3.8, 4) is 6.07 Å². The van der Waals surface area contributed by atoms with Crippen LogP contribution in [0.15, 0.2) is 0 Å². The number of ether oxygens (including phenoxy) is 1. The minimum Gasteiger partial charge on any atom is -0.383 e. The van der Waals surface area contributed by atoms with Crippen molar-refractivity contribution < 1.29 is 4.74 Å². The zero-order valence-corrected chi connectivity index (χ0v) is 14.0. The highest BCUT2D eigenvalue weighted by Gasteiger charge is 2.28. The van der Waals surface area contributed by atoms with Crippen molar-refractivity contribution in [2.45, 2.75) is 33.2 Å². The molecule has 1 aromatic heterocycles. The zero-order valence-electron chi connectivity index (χ0n) is 14.0. The molecule has 0 radical (unpaired) electrons. The summed E-state index contributed by atoms with van der Waals surface area (Å²) in [6, 6.07) is 2.76. The standard InChI is InChI=1S/C16H25N5O/c1-5-14-11-21(7-6-20(14)8-9-22-4)16-15(10-17)12(2)13(3)18-19-16/h14H,5-9,11H2,1-4H3/t14-/m0/s1. The second kappa shape index (κ2) is 7.52. The van der Waals surface area contributed by atoms with Crippen LogP contribution in [0.4, 0.5) is 5.82 Å². The summed E-state index contributed by atoms with van der Waals surface area (Å²) in [6.07, 6.45) is 1.07. The van der Waals surface area contributed by atoms with Crippen LogP contribution in [0.3, 0.4) is 0 Å². The quantitative estimate of drug-likeness (QED) is 0.821. The lowest BCUT2D eigenvalue weighted by molar-refractivity contribution is 0.109. The Kier molecular flexibility index (Phi) is 5.69. The van der Waals surface area contributed by atoms with Gasteiger partial charge in [0.25, 0.3) is 0 Å². The van der Waals surface area contributed by atoms with Gasteiger partial charge in [-0.05, 0) is 25.8 Å². The summed E-state index contributed by atoms with van der Waals surface area (Å²) >= 11 is 0. The molecule has 0 bridgehead atoms. The molecule has 0 saturated carbocycles. The predicted octanol–water partition coefficient (Wildman–Crippen LogP) is 1.51. The maximum absolute atomic E-state index is 9.47. The Morgan fingerprint density at radius 2 is 2.09 bits per heavy atom. The average Bonchev–Trinajstić information content (AvgIpc) is 2.55. The minimum atomic E-state index is 0.457. The van der Waals surface area contributed by atoms with Crippen molar-refractivity contribution in [1.82, 2.24) is 15.1 Å². The lowest BCUT2D eigenvalue weighted by Crippen LogP contribution is -2.54. The molecular weight excluding hydrogens is 278 g/mol.